The molecule has 1 aromatic heterocycles. The summed E-state index contributed by atoms with van der Waals surface area (Å²) in [7, 11) is 0. The van der Waals surface area contributed by atoms with Crippen LogP contribution >= 0.6 is 39.9 Å². The van der Waals surface area contributed by atoms with Gasteiger partial charge in [0.05, 0.1) is 21.9 Å². The Morgan fingerprint density at radius 3 is 2.79 bits per heavy atom. The highest BCUT2D eigenvalue weighted by molar-refractivity contribution is 9.10. The molecule has 1 heterocycles. The predicted molar refractivity (Wildman–Crippen MR) is 66.1 cm³/mol. The molecule has 5 heteroatoms. The van der Waals surface area contributed by atoms with Crippen LogP contribution in [0.3, 0.4) is 0 Å². The maximum absolute atomic E-state index is 5.85. The number of hydrogen-bond donors (Lipinski definition) is 1. The van der Waals surface area contributed by atoms with E-state index < -0.39 is 0 Å². The molecule has 0 saturated carbocycles. The van der Waals surface area contributed by atoms with Crippen molar-refractivity contribution in [3.05, 3.63) is 33.9 Å². The van der Waals surface area contributed by atoms with E-state index in [0.29, 0.717) is 10.7 Å². The predicted octanol–water partition coefficient (Wildman–Crippen LogP) is 3.65. The van der Waals surface area contributed by atoms with Gasteiger partial charge < -0.3 is 5.73 Å². The van der Waals surface area contributed by atoms with Gasteiger partial charge in [0.1, 0.15) is 0 Å². The smallest absolute Gasteiger partial charge is 0.0716 e. The Hall–Kier alpha value is -0.510. The second-order valence-corrected chi connectivity index (χ2v) is 3.92. The molecule has 0 aliphatic carbocycles. The Morgan fingerprint density at radius 1 is 1.36 bits per heavy atom. The molecule has 0 aliphatic rings. The fraction of sp³-hybridized carbons (Fsp3) is 0. The van der Waals surface area contributed by atoms with Crippen LogP contribution in [0.15, 0.2) is 28.9 Å². The number of nitrogens with two attached hydrogens (primary N) is 1. The topological polar surface area (TPSA) is 38.9 Å². The molecule has 0 radical (unpaired) electrons. The van der Waals surface area contributed by atoms with Gasteiger partial charge in [-0.3, -0.25) is 4.98 Å². The Morgan fingerprint density at radius 2 is 2.07 bits per heavy atom. The van der Waals surface area contributed by atoms with Crippen LogP contribution in [-0.2, 0) is 0 Å². The second-order valence-electron chi connectivity index (χ2n) is 2.69. The molecular formula is C9H7BrCl2N2. The minimum Gasteiger partial charge on any atom is -0.397 e. The van der Waals surface area contributed by atoms with Gasteiger partial charge in [0, 0.05) is 10.4 Å². The number of hydrogen-bond acceptors (Lipinski definition) is 2. The minimum atomic E-state index is 0. The van der Waals surface area contributed by atoms with E-state index in [0.717, 1.165) is 15.4 Å². The van der Waals surface area contributed by atoms with Crippen molar-refractivity contribution < 1.29 is 0 Å². The van der Waals surface area contributed by atoms with Crippen LogP contribution in [0.2, 0.25) is 5.02 Å². The zero-order valence-electron chi connectivity index (χ0n) is 7.00. The lowest BCUT2D eigenvalue weighted by Gasteiger charge is -2.02. The minimum absolute atomic E-state index is 0. The van der Waals surface area contributed by atoms with E-state index in [2.05, 4.69) is 20.9 Å². The fourth-order valence-electron chi connectivity index (χ4n) is 1.15. The van der Waals surface area contributed by atoms with Crippen LogP contribution < -0.4 is 5.73 Å². The molecule has 2 aromatic rings. The van der Waals surface area contributed by atoms with Crippen molar-refractivity contribution in [2.75, 3.05) is 5.73 Å². The van der Waals surface area contributed by atoms with E-state index in [9.17, 15) is 0 Å². The van der Waals surface area contributed by atoms with Crippen LogP contribution in [-0.4, -0.2) is 4.98 Å². The summed E-state index contributed by atoms with van der Waals surface area (Å²) < 4.78 is 0.847. The maximum Gasteiger partial charge on any atom is 0.0716 e. The number of pyridine rings is 1. The van der Waals surface area contributed by atoms with Crippen LogP contribution in [0.4, 0.5) is 5.69 Å². The number of aromatic nitrogens is 1. The summed E-state index contributed by atoms with van der Waals surface area (Å²) in [6.45, 7) is 0. The van der Waals surface area contributed by atoms with Crippen molar-refractivity contribution in [1.82, 2.24) is 4.98 Å². The normalized spacial score (nSPS) is 9.86. The number of nitrogen functional groups attached to an aromatic ring is 1. The van der Waals surface area contributed by atoms with E-state index in [1.807, 2.05) is 12.1 Å². The van der Waals surface area contributed by atoms with Crippen LogP contribution in [0, 0.1) is 0 Å². The van der Waals surface area contributed by atoms with Crippen LogP contribution in [0.1, 0.15) is 0 Å². The molecule has 2 N–H and O–H groups in total. The van der Waals surface area contributed by atoms with Crippen molar-refractivity contribution in [1.29, 1.82) is 0 Å². The molecule has 0 spiro atoms. The summed E-state index contributed by atoms with van der Waals surface area (Å²) in [5.41, 5.74) is 7.18. The van der Waals surface area contributed by atoms with Gasteiger partial charge in [-0.05, 0) is 34.1 Å². The average molecular weight is 294 g/mol. The fourth-order valence-corrected chi connectivity index (χ4v) is 1.74. The lowest BCUT2D eigenvalue weighted by Crippen LogP contribution is -1.89. The highest BCUT2D eigenvalue weighted by Gasteiger charge is 2.03. The molecule has 0 amide bonds. The van der Waals surface area contributed by atoms with Gasteiger partial charge in [-0.1, -0.05) is 11.6 Å². The molecule has 2 nitrogen and oxygen atoms in total. The standard InChI is InChI=1S/C9H6BrClN2.ClH/c10-9-6-3-5(11)1-2-8(6)13-4-7(9)12;/h1-4H,12H2;1H. The van der Waals surface area contributed by atoms with Gasteiger partial charge in [0.2, 0.25) is 0 Å². The van der Waals surface area contributed by atoms with E-state index in [1.54, 1.807) is 12.3 Å². The van der Waals surface area contributed by atoms with E-state index in [1.165, 1.54) is 0 Å². The van der Waals surface area contributed by atoms with Gasteiger partial charge in [0.15, 0.2) is 0 Å². The third-order valence-corrected chi connectivity index (χ3v) is 2.91. The Labute approximate surface area is 101 Å². The largest absolute Gasteiger partial charge is 0.397 e. The lowest BCUT2D eigenvalue weighted by atomic mass is 10.2. The Bertz CT molecular complexity index is 468. The molecule has 0 unspecified atom stereocenters. The number of anilines is 1. The second kappa shape index (κ2) is 4.34. The van der Waals surface area contributed by atoms with E-state index >= 15 is 0 Å². The molecular weight excluding hydrogens is 287 g/mol. The molecule has 0 fully saturated rings. The number of halogens is 3. The molecule has 0 atom stereocenters. The summed E-state index contributed by atoms with van der Waals surface area (Å²) >= 11 is 9.24. The summed E-state index contributed by atoms with van der Waals surface area (Å²) in [5.74, 6) is 0. The highest BCUT2D eigenvalue weighted by atomic mass is 79.9. The van der Waals surface area contributed by atoms with Crippen molar-refractivity contribution in [3.63, 3.8) is 0 Å². The summed E-state index contributed by atoms with van der Waals surface area (Å²) in [5, 5.41) is 1.62. The maximum atomic E-state index is 5.85. The molecule has 1 aromatic carbocycles. The van der Waals surface area contributed by atoms with Gasteiger partial charge >= 0.3 is 0 Å². The van der Waals surface area contributed by atoms with Gasteiger partial charge in [-0.2, -0.15) is 0 Å². The quantitative estimate of drug-likeness (QED) is 0.805. The number of nitrogens with zero attached hydrogens (tertiary/aromatic N) is 1. The van der Waals surface area contributed by atoms with E-state index in [-0.39, 0.29) is 12.4 Å². The molecule has 0 aliphatic heterocycles. The number of fused-ring (bicyclic) bond motifs is 1. The third-order valence-electron chi connectivity index (χ3n) is 1.79. The van der Waals surface area contributed by atoms with Gasteiger partial charge in [-0.25, -0.2) is 0 Å². The molecule has 2 rings (SSSR count). The molecule has 0 saturated heterocycles. The summed E-state index contributed by atoms with van der Waals surface area (Å²) in [6.07, 6.45) is 1.63. The average Bonchev–Trinajstić information content (AvgIpc) is 2.12. The van der Waals surface area contributed by atoms with Crippen LogP contribution in [0.25, 0.3) is 10.9 Å². The monoisotopic (exact) mass is 292 g/mol. The van der Waals surface area contributed by atoms with Crippen molar-refractivity contribution >= 4 is 56.5 Å². The first-order valence-electron chi connectivity index (χ1n) is 3.68. The van der Waals surface area contributed by atoms with E-state index in [4.69, 9.17) is 17.3 Å². The van der Waals surface area contributed by atoms with Gasteiger partial charge in [0.25, 0.3) is 0 Å². The zero-order valence-corrected chi connectivity index (χ0v) is 10.2. The molecule has 14 heavy (non-hydrogen) atoms. The summed E-state index contributed by atoms with van der Waals surface area (Å²) in [4.78, 5) is 4.17. The first-order chi connectivity index (χ1) is 6.18. The van der Waals surface area contributed by atoms with Crippen LogP contribution in [0.5, 0.6) is 0 Å². The number of rotatable bonds is 0. The Balaban J connectivity index is 0.000000980. The highest BCUT2D eigenvalue weighted by Crippen LogP contribution is 2.29. The lowest BCUT2D eigenvalue weighted by molar-refractivity contribution is 1.40. The Kier molecular flexibility index (Phi) is 3.59. The van der Waals surface area contributed by atoms with Crippen molar-refractivity contribution in [2.24, 2.45) is 0 Å². The van der Waals surface area contributed by atoms with Crippen molar-refractivity contribution in [3.8, 4) is 0 Å². The van der Waals surface area contributed by atoms with Crippen molar-refractivity contribution in [2.45, 2.75) is 0 Å². The molecule has 74 valence electrons. The third kappa shape index (κ3) is 1.95. The summed E-state index contributed by atoms with van der Waals surface area (Å²) in [6, 6.07) is 5.51. The zero-order chi connectivity index (χ0) is 9.42. The SMILES string of the molecule is Cl.Nc1cnc2ccc(Cl)cc2c1Br. The first-order valence-corrected chi connectivity index (χ1v) is 4.85. The first kappa shape index (κ1) is 11.6. The van der Waals surface area contributed by atoms with Gasteiger partial charge in [-0.15, -0.1) is 12.4 Å². The molecule has 0 bridgehead atoms. The number of benzene rings is 1.